The molecule has 11 heteroatoms. The SMILES string of the molecule is CS(=O)(=O)c1cccc(C(=O)N2CCCCC2(C(N)=O)[C@@H](c2ccc(C(F)(F)F)c(F)c2)C2CC2)c1. The number of rotatable bonds is 6. The number of carbonyl (C=O) groups is 2. The van der Waals surface area contributed by atoms with Crippen molar-refractivity contribution in [3.05, 3.63) is 65.0 Å². The number of likely N-dealkylation sites (tertiary alicyclic amines) is 1. The van der Waals surface area contributed by atoms with Crippen LogP contribution in [-0.4, -0.2) is 43.5 Å². The summed E-state index contributed by atoms with van der Waals surface area (Å²) in [5.41, 5.74) is 3.14. The lowest BCUT2D eigenvalue weighted by Gasteiger charge is -2.50. The molecule has 36 heavy (non-hydrogen) atoms. The van der Waals surface area contributed by atoms with Crippen molar-refractivity contribution in [3.8, 4) is 0 Å². The topological polar surface area (TPSA) is 97.5 Å². The molecule has 1 saturated heterocycles. The molecular formula is C25H26F4N2O4S. The highest BCUT2D eigenvalue weighted by atomic mass is 32.2. The Labute approximate surface area is 206 Å². The van der Waals surface area contributed by atoms with Gasteiger partial charge < -0.3 is 10.6 Å². The minimum absolute atomic E-state index is 0.0404. The summed E-state index contributed by atoms with van der Waals surface area (Å²) in [6, 6.07) is 8.02. The van der Waals surface area contributed by atoms with Crippen molar-refractivity contribution in [2.24, 2.45) is 11.7 Å². The molecule has 1 saturated carbocycles. The lowest BCUT2D eigenvalue weighted by Crippen LogP contribution is -2.65. The van der Waals surface area contributed by atoms with E-state index in [-0.39, 0.29) is 34.9 Å². The van der Waals surface area contributed by atoms with E-state index >= 15 is 0 Å². The van der Waals surface area contributed by atoms with E-state index in [9.17, 15) is 35.6 Å². The van der Waals surface area contributed by atoms with Gasteiger partial charge in [0.2, 0.25) is 5.91 Å². The van der Waals surface area contributed by atoms with Crippen molar-refractivity contribution in [1.29, 1.82) is 0 Å². The van der Waals surface area contributed by atoms with Gasteiger partial charge in [-0.3, -0.25) is 9.59 Å². The van der Waals surface area contributed by atoms with Crippen LogP contribution in [0.15, 0.2) is 47.4 Å². The van der Waals surface area contributed by atoms with E-state index < -0.39 is 50.7 Å². The predicted octanol–water partition coefficient (Wildman–Crippen LogP) is 4.29. The molecule has 2 fully saturated rings. The largest absolute Gasteiger partial charge is 0.419 e. The summed E-state index contributed by atoms with van der Waals surface area (Å²) < 4.78 is 78.2. The maximum Gasteiger partial charge on any atom is 0.419 e. The van der Waals surface area contributed by atoms with Gasteiger partial charge in [-0.05, 0) is 73.9 Å². The second-order valence-corrected chi connectivity index (χ2v) is 11.6. The summed E-state index contributed by atoms with van der Waals surface area (Å²) in [6.07, 6.45) is -1.34. The van der Waals surface area contributed by atoms with Crippen LogP contribution in [0.3, 0.4) is 0 Å². The number of primary amides is 1. The van der Waals surface area contributed by atoms with E-state index in [1.807, 2.05) is 0 Å². The standard InChI is InChI=1S/C25H26F4N2O4S/c1-36(34,35)18-6-4-5-17(13-18)22(32)31-12-3-2-11-24(31,23(30)33)21(15-7-8-15)16-9-10-19(20(26)14-16)25(27,28)29/h4-6,9-10,13-15,21H,2-3,7-8,11-12H2,1H3,(H2,30,33)/t21-,24?/m1/s1. The highest BCUT2D eigenvalue weighted by molar-refractivity contribution is 7.90. The smallest absolute Gasteiger partial charge is 0.368 e. The first-order chi connectivity index (χ1) is 16.8. The lowest BCUT2D eigenvalue weighted by atomic mass is 9.69. The number of alkyl halides is 3. The van der Waals surface area contributed by atoms with Gasteiger partial charge >= 0.3 is 6.18 Å². The number of benzene rings is 2. The van der Waals surface area contributed by atoms with Gasteiger partial charge in [-0.15, -0.1) is 0 Å². The Bertz CT molecular complexity index is 1310. The molecule has 0 spiro atoms. The van der Waals surface area contributed by atoms with E-state index in [0.29, 0.717) is 31.7 Å². The van der Waals surface area contributed by atoms with Crippen LogP contribution >= 0.6 is 0 Å². The predicted molar refractivity (Wildman–Crippen MR) is 123 cm³/mol. The molecule has 2 amide bonds. The van der Waals surface area contributed by atoms with Crippen molar-refractivity contribution in [1.82, 2.24) is 4.90 Å². The van der Waals surface area contributed by atoms with Gasteiger partial charge in [0, 0.05) is 24.3 Å². The number of carbonyl (C=O) groups excluding carboxylic acids is 2. The molecule has 6 nitrogen and oxygen atoms in total. The molecule has 1 aliphatic carbocycles. The number of amides is 2. The van der Waals surface area contributed by atoms with Crippen LogP contribution in [0.1, 0.15) is 59.5 Å². The van der Waals surface area contributed by atoms with Gasteiger partial charge in [0.05, 0.1) is 10.5 Å². The first-order valence-corrected chi connectivity index (χ1v) is 13.4. The molecule has 2 N–H and O–H groups in total. The number of nitrogens with two attached hydrogens (primary N) is 1. The van der Waals surface area contributed by atoms with E-state index in [1.165, 1.54) is 29.2 Å². The third-order valence-electron chi connectivity index (χ3n) is 7.12. The second kappa shape index (κ2) is 9.17. The van der Waals surface area contributed by atoms with E-state index in [0.717, 1.165) is 18.4 Å². The molecule has 0 radical (unpaired) electrons. The van der Waals surface area contributed by atoms with Crippen LogP contribution in [-0.2, 0) is 20.8 Å². The van der Waals surface area contributed by atoms with E-state index in [2.05, 4.69) is 0 Å². The molecule has 2 aromatic carbocycles. The van der Waals surface area contributed by atoms with Crippen LogP contribution in [0.25, 0.3) is 0 Å². The highest BCUT2D eigenvalue weighted by Crippen LogP contribution is 2.53. The Morgan fingerprint density at radius 1 is 1.11 bits per heavy atom. The van der Waals surface area contributed by atoms with Crippen LogP contribution in [0.2, 0.25) is 0 Å². The normalized spacial score (nSPS) is 21.8. The average molecular weight is 527 g/mol. The number of halogens is 4. The molecule has 0 bridgehead atoms. The van der Waals surface area contributed by atoms with Crippen molar-refractivity contribution < 1.29 is 35.6 Å². The fourth-order valence-corrected chi connectivity index (χ4v) is 6.02. The molecule has 0 aromatic heterocycles. The molecular weight excluding hydrogens is 500 g/mol. The Kier molecular flexibility index (Phi) is 6.65. The maximum absolute atomic E-state index is 14.6. The fourth-order valence-electron chi connectivity index (χ4n) is 5.35. The lowest BCUT2D eigenvalue weighted by molar-refractivity contribution is -0.140. The zero-order chi connectivity index (χ0) is 26.5. The second-order valence-electron chi connectivity index (χ2n) is 9.55. The van der Waals surface area contributed by atoms with Crippen molar-refractivity contribution in [2.75, 3.05) is 12.8 Å². The van der Waals surface area contributed by atoms with Gasteiger partial charge in [-0.1, -0.05) is 12.1 Å². The summed E-state index contributed by atoms with van der Waals surface area (Å²) in [5.74, 6) is -3.89. The number of hydrogen-bond acceptors (Lipinski definition) is 4. The average Bonchev–Trinajstić information content (AvgIpc) is 3.62. The quantitative estimate of drug-likeness (QED) is 0.568. The Morgan fingerprint density at radius 2 is 1.81 bits per heavy atom. The van der Waals surface area contributed by atoms with Crippen molar-refractivity contribution >= 4 is 21.7 Å². The van der Waals surface area contributed by atoms with Crippen LogP contribution < -0.4 is 5.73 Å². The number of nitrogens with zero attached hydrogens (tertiary/aromatic N) is 1. The van der Waals surface area contributed by atoms with E-state index in [4.69, 9.17) is 5.73 Å². The Hall–Kier alpha value is -2.95. The summed E-state index contributed by atoms with van der Waals surface area (Å²) in [7, 11) is -3.61. The first-order valence-electron chi connectivity index (χ1n) is 11.6. The van der Waals surface area contributed by atoms with Gasteiger partial charge in [0.15, 0.2) is 9.84 Å². The molecule has 1 unspecified atom stereocenters. The molecule has 1 aliphatic heterocycles. The minimum atomic E-state index is -4.88. The third-order valence-corrected chi connectivity index (χ3v) is 8.23. The Morgan fingerprint density at radius 3 is 2.36 bits per heavy atom. The maximum atomic E-state index is 14.6. The third kappa shape index (κ3) is 4.72. The summed E-state index contributed by atoms with van der Waals surface area (Å²) in [6.45, 7) is 0.136. The number of piperidine rings is 1. The summed E-state index contributed by atoms with van der Waals surface area (Å²) >= 11 is 0. The molecule has 2 aromatic rings. The number of sulfone groups is 1. The van der Waals surface area contributed by atoms with Gasteiger partial charge in [0.25, 0.3) is 5.91 Å². The zero-order valence-corrected chi connectivity index (χ0v) is 20.3. The summed E-state index contributed by atoms with van der Waals surface area (Å²) in [5, 5.41) is 0. The molecule has 194 valence electrons. The van der Waals surface area contributed by atoms with Gasteiger partial charge in [-0.2, -0.15) is 13.2 Å². The fraction of sp³-hybridized carbons (Fsp3) is 0.440. The molecule has 2 aliphatic rings. The molecule has 1 heterocycles. The van der Waals surface area contributed by atoms with Crippen LogP contribution in [0, 0.1) is 11.7 Å². The van der Waals surface area contributed by atoms with Gasteiger partial charge in [0.1, 0.15) is 11.4 Å². The molecule has 2 atom stereocenters. The van der Waals surface area contributed by atoms with Crippen LogP contribution in [0.4, 0.5) is 17.6 Å². The van der Waals surface area contributed by atoms with Crippen molar-refractivity contribution in [3.63, 3.8) is 0 Å². The Balaban J connectivity index is 1.84. The summed E-state index contributed by atoms with van der Waals surface area (Å²) in [4.78, 5) is 28.1. The van der Waals surface area contributed by atoms with Crippen molar-refractivity contribution in [2.45, 2.75) is 54.6 Å². The number of hydrogen-bond donors (Lipinski definition) is 1. The molecule has 4 rings (SSSR count). The first kappa shape index (κ1) is 26.1. The van der Waals surface area contributed by atoms with Gasteiger partial charge in [-0.25, -0.2) is 12.8 Å². The monoisotopic (exact) mass is 526 g/mol. The highest BCUT2D eigenvalue weighted by Gasteiger charge is 2.57. The minimum Gasteiger partial charge on any atom is -0.368 e. The zero-order valence-electron chi connectivity index (χ0n) is 19.5. The van der Waals surface area contributed by atoms with Crippen LogP contribution in [0.5, 0.6) is 0 Å². The van der Waals surface area contributed by atoms with E-state index in [1.54, 1.807) is 0 Å².